The highest BCUT2D eigenvalue weighted by atomic mass is 16.5. The Labute approximate surface area is 109 Å². The van der Waals surface area contributed by atoms with Gasteiger partial charge in [-0.05, 0) is 12.1 Å². The summed E-state index contributed by atoms with van der Waals surface area (Å²) in [5.74, 6) is 1.14. The van der Waals surface area contributed by atoms with Crippen molar-refractivity contribution in [1.29, 1.82) is 0 Å². The second-order valence-corrected chi connectivity index (χ2v) is 4.14. The van der Waals surface area contributed by atoms with Gasteiger partial charge in [-0.15, -0.1) is 0 Å². The fourth-order valence-corrected chi connectivity index (χ4v) is 2.20. The lowest BCUT2D eigenvalue weighted by Crippen LogP contribution is -2.01. The van der Waals surface area contributed by atoms with E-state index >= 15 is 0 Å². The van der Waals surface area contributed by atoms with Crippen LogP contribution in [0.4, 0.5) is 0 Å². The summed E-state index contributed by atoms with van der Waals surface area (Å²) in [6, 6.07) is 10.8. The molecular weight excluding hydrogens is 244 g/mol. The smallest absolute Gasteiger partial charge is 0.344 e. The summed E-state index contributed by atoms with van der Waals surface area (Å²) in [5, 5.41) is 2.17. The number of ether oxygens (including phenoxy) is 2. The number of fused-ring (bicyclic) bond motifs is 3. The van der Waals surface area contributed by atoms with E-state index in [9.17, 15) is 4.79 Å². The third kappa shape index (κ3) is 1.73. The zero-order valence-corrected chi connectivity index (χ0v) is 10.6. The van der Waals surface area contributed by atoms with Crippen molar-refractivity contribution >= 4 is 21.7 Å². The van der Waals surface area contributed by atoms with E-state index in [1.54, 1.807) is 19.2 Å². The Morgan fingerprint density at radius 3 is 2.37 bits per heavy atom. The van der Waals surface area contributed by atoms with E-state index in [0.29, 0.717) is 22.5 Å². The third-order valence-electron chi connectivity index (χ3n) is 3.12. The highest BCUT2D eigenvalue weighted by Gasteiger charge is 2.13. The van der Waals surface area contributed by atoms with Gasteiger partial charge in [-0.3, -0.25) is 0 Å². The fourth-order valence-electron chi connectivity index (χ4n) is 2.20. The van der Waals surface area contributed by atoms with Gasteiger partial charge < -0.3 is 13.9 Å². The molecule has 3 aromatic rings. The minimum atomic E-state index is -0.369. The van der Waals surface area contributed by atoms with Crippen LogP contribution in [0.25, 0.3) is 21.7 Å². The summed E-state index contributed by atoms with van der Waals surface area (Å²) in [6.07, 6.45) is 0. The number of methoxy groups -OCH3 is 2. The minimum absolute atomic E-state index is 0.369. The second kappa shape index (κ2) is 4.31. The molecule has 4 nitrogen and oxygen atoms in total. The molecule has 1 heterocycles. The standard InChI is InChI=1S/C15H12O4/c1-17-9-7-12-10-5-3-4-6-11(10)15(16)19-14(12)13(8-9)18-2/h3-8H,1-2H3. The molecule has 0 atom stereocenters. The first kappa shape index (κ1) is 11.6. The normalized spacial score (nSPS) is 10.8. The predicted molar refractivity (Wildman–Crippen MR) is 73.1 cm³/mol. The Balaban J connectivity index is 2.57. The van der Waals surface area contributed by atoms with Gasteiger partial charge in [0.05, 0.1) is 19.6 Å². The van der Waals surface area contributed by atoms with E-state index < -0.39 is 0 Å². The highest BCUT2D eigenvalue weighted by molar-refractivity contribution is 6.06. The van der Waals surface area contributed by atoms with Crippen LogP contribution in [0.5, 0.6) is 11.5 Å². The van der Waals surface area contributed by atoms with Crippen molar-refractivity contribution in [3.8, 4) is 11.5 Å². The van der Waals surface area contributed by atoms with Crippen LogP contribution in [0, 0.1) is 0 Å². The van der Waals surface area contributed by atoms with Gasteiger partial charge in [-0.25, -0.2) is 4.79 Å². The number of rotatable bonds is 2. The first-order valence-corrected chi connectivity index (χ1v) is 5.82. The molecule has 0 aliphatic carbocycles. The Morgan fingerprint density at radius 2 is 1.68 bits per heavy atom. The average Bonchev–Trinajstić information content (AvgIpc) is 2.47. The molecule has 0 saturated carbocycles. The molecule has 3 rings (SSSR count). The van der Waals surface area contributed by atoms with Gasteiger partial charge in [0.15, 0.2) is 11.3 Å². The molecule has 4 heteroatoms. The Hall–Kier alpha value is -2.49. The van der Waals surface area contributed by atoms with E-state index in [1.165, 1.54) is 7.11 Å². The van der Waals surface area contributed by atoms with Crippen LogP contribution in [-0.4, -0.2) is 14.2 Å². The molecular formula is C15H12O4. The minimum Gasteiger partial charge on any atom is -0.497 e. The van der Waals surface area contributed by atoms with Gasteiger partial charge in [0.2, 0.25) is 0 Å². The molecule has 19 heavy (non-hydrogen) atoms. The van der Waals surface area contributed by atoms with Crippen molar-refractivity contribution in [2.24, 2.45) is 0 Å². The first-order chi connectivity index (χ1) is 9.24. The van der Waals surface area contributed by atoms with E-state index in [1.807, 2.05) is 24.3 Å². The van der Waals surface area contributed by atoms with Gasteiger partial charge in [0, 0.05) is 16.8 Å². The number of hydrogen-bond donors (Lipinski definition) is 0. The topological polar surface area (TPSA) is 48.7 Å². The second-order valence-electron chi connectivity index (χ2n) is 4.14. The van der Waals surface area contributed by atoms with Crippen LogP contribution >= 0.6 is 0 Å². The van der Waals surface area contributed by atoms with Crippen molar-refractivity contribution in [1.82, 2.24) is 0 Å². The van der Waals surface area contributed by atoms with E-state index in [0.717, 1.165) is 10.8 Å². The van der Waals surface area contributed by atoms with E-state index in [4.69, 9.17) is 13.9 Å². The van der Waals surface area contributed by atoms with Gasteiger partial charge in [-0.2, -0.15) is 0 Å². The molecule has 0 saturated heterocycles. The van der Waals surface area contributed by atoms with Crippen LogP contribution in [0.15, 0.2) is 45.6 Å². The Morgan fingerprint density at radius 1 is 0.947 bits per heavy atom. The average molecular weight is 256 g/mol. The van der Waals surface area contributed by atoms with Crippen LogP contribution in [-0.2, 0) is 0 Å². The molecule has 0 unspecified atom stereocenters. The highest BCUT2D eigenvalue weighted by Crippen LogP contribution is 2.33. The largest absolute Gasteiger partial charge is 0.497 e. The number of hydrogen-bond acceptors (Lipinski definition) is 4. The lowest BCUT2D eigenvalue weighted by Gasteiger charge is -2.09. The van der Waals surface area contributed by atoms with Crippen LogP contribution < -0.4 is 15.1 Å². The lowest BCUT2D eigenvalue weighted by atomic mass is 10.1. The van der Waals surface area contributed by atoms with Gasteiger partial charge in [0.1, 0.15) is 5.75 Å². The molecule has 0 N–H and O–H groups in total. The molecule has 96 valence electrons. The van der Waals surface area contributed by atoms with Gasteiger partial charge in [0.25, 0.3) is 0 Å². The molecule has 0 radical (unpaired) electrons. The van der Waals surface area contributed by atoms with Crippen molar-refractivity contribution < 1.29 is 13.9 Å². The van der Waals surface area contributed by atoms with Crippen molar-refractivity contribution in [2.75, 3.05) is 14.2 Å². The zero-order chi connectivity index (χ0) is 13.4. The van der Waals surface area contributed by atoms with Gasteiger partial charge >= 0.3 is 5.63 Å². The summed E-state index contributed by atoms with van der Waals surface area (Å²) in [5.41, 5.74) is 0.0681. The van der Waals surface area contributed by atoms with Crippen molar-refractivity contribution in [3.63, 3.8) is 0 Å². The molecule has 1 aromatic heterocycles. The quantitative estimate of drug-likeness (QED) is 0.522. The summed E-state index contributed by atoms with van der Waals surface area (Å²) in [4.78, 5) is 12.0. The van der Waals surface area contributed by atoms with Crippen LogP contribution in [0.1, 0.15) is 0 Å². The molecule has 2 aromatic carbocycles. The third-order valence-corrected chi connectivity index (χ3v) is 3.12. The molecule has 0 bridgehead atoms. The van der Waals surface area contributed by atoms with Crippen LogP contribution in [0.3, 0.4) is 0 Å². The molecule has 0 aliphatic heterocycles. The van der Waals surface area contributed by atoms with Crippen molar-refractivity contribution in [2.45, 2.75) is 0 Å². The SMILES string of the molecule is COc1cc(OC)c2oc(=O)c3ccccc3c2c1. The number of benzene rings is 2. The maximum atomic E-state index is 12.0. The fraction of sp³-hybridized carbons (Fsp3) is 0.133. The summed E-state index contributed by atoms with van der Waals surface area (Å²) >= 11 is 0. The summed E-state index contributed by atoms with van der Waals surface area (Å²) in [6.45, 7) is 0. The zero-order valence-electron chi connectivity index (χ0n) is 10.6. The lowest BCUT2D eigenvalue weighted by molar-refractivity contribution is 0.391. The maximum absolute atomic E-state index is 12.0. The van der Waals surface area contributed by atoms with Crippen molar-refractivity contribution in [3.05, 3.63) is 46.8 Å². The Kier molecular flexibility index (Phi) is 2.63. The summed E-state index contributed by atoms with van der Waals surface area (Å²) in [7, 11) is 3.12. The predicted octanol–water partition coefficient (Wildman–Crippen LogP) is 2.96. The monoisotopic (exact) mass is 256 g/mol. The van der Waals surface area contributed by atoms with E-state index in [-0.39, 0.29) is 5.63 Å². The maximum Gasteiger partial charge on any atom is 0.344 e. The van der Waals surface area contributed by atoms with Gasteiger partial charge in [-0.1, -0.05) is 18.2 Å². The molecule has 0 aliphatic rings. The molecule has 0 amide bonds. The van der Waals surface area contributed by atoms with Crippen LogP contribution in [0.2, 0.25) is 0 Å². The summed E-state index contributed by atoms with van der Waals surface area (Å²) < 4.78 is 15.9. The molecule has 0 fully saturated rings. The molecule has 0 spiro atoms. The first-order valence-electron chi connectivity index (χ1n) is 5.82. The Bertz CT molecular complexity index is 817. The van der Waals surface area contributed by atoms with E-state index in [2.05, 4.69) is 0 Å².